The number of aromatic nitrogens is 1. The minimum Gasteiger partial charge on any atom is -0.380 e. The summed E-state index contributed by atoms with van der Waals surface area (Å²) < 4.78 is 5.29. The van der Waals surface area contributed by atoms with Crippen molar-refractivity contribution in [1.82, 2.24) is 15.6 Å². The van der Waals surface area contributed by atoms with Crippen LogP contribution in [0, 0.1) is 0 Å². The van der Waals surface area contributed by atoms with Crippen molar-refractivity contribution >= 4 is 11.3 Å². The van der Waals surface area contributed by atoms with Gasteiger partial charge in [0, 0.05) is 44.4 Å². The van der Waals surface area contributed by atoms with Crippen LogP contribution in [0.5, 0.6) is 0 Å². The van der Waals surface area contributed by atoms with Crippen LogP contribution >= 0.6 is 11.3 Å². The number of thiazole rings is 1. The molecule has 1 aromatic heterocycles. The third kappa shape index (κ3) is 3.24. The Morgan fingerprint density at radius 1 is 1.73 bits per heavy atom. The number of rotatable bonds is 5. The second-order valence-electron chi connectivity index (χ2n) is 3.76. The molecule has 0 bridgehead atoms. The molecule has 15 heavy (non-hydrogen) atoms. The van der Waals surface area contributed by atoms with E-state index in [2.05, 4.69) is 15.6 Å². The van der Waals surface area contributed by atoms with Gasteiger partial charge in [-0.3, -0.25) is 0 Å². The summed E-state index contributed by atoms with van der Waals surface area (Å²) in [7, 11) is 1.78. The Balaban J connectivity index is 1.63. The lowest BCUT2D eigenvalue weighted by Crippen LogP contribution is -2.33. The normalized spacial score (nSPS) is 25.9. The summed E-state index contributed by atoms with van der Waals surface area (Å²) in [5, 5.41) is 9.99. The highest BCUT2D eigenvalue weighted by Crippen LogP contribution is 2.09. The Morgan fingerprint density at radius 3 is 3.33 bits per heavy atom. The molecule has 0 amide bonds. The highest BCUT2D eigenvalue weighted by molar-refractivity contribution is 7.09. The number of nitrogens with one attached hydrogen (secondary N) is 2. The Kier molecular flexibility index (Phi) is 4.08. The van der Waals surface area contributed by atoms with Crippen LogP contribution in [-0.4, -0.2) is 37.3 Å². The summed E-state index contributed by atoms with van der Waals surface area (Å²) in [6, 6.07) is 0.537. The summed E-state index contributed by atoms with van der Waals surface area (Å²) >= 11 is 1.69. The van der Waals surface area contributed by atoms with Gasteiger partial charge in [-0.25, -0.2) is 4.98 Å². The van der Waals surface area contributed by atoms with Crippen LogP contribution in [-0.2, 0) is 11.3 Å². The zero-order valence-electron chi connectivity index (χ0n) is 8.90. The molecule has 1 aliphatic rings. The van der Waals surface area contributed by atoms with E-state index in [-0.39, 0.29) is 0 Å². The molecule has 84 valence electrons. The predicted molar refractivity (Wildman–Crippen MR) is 61.0 cm³/mol. The van der Waals surface area contributed by atoms with Gasteiger partial charge in [0.15, 0.2) is 0 Å². The van der Waals surface area contributed by atoms with Gasteiger partial charge in [0.05, 0.1) is 6.10 Å². The van der Waals surface area contributed by atoms with Gasteiger partial charge in [-0.15, -0.1) is 11.3 Å². The smallest absolute Gasteiger partial charge is 0.106 e. The summed E-state index contributed by atoms with van der Waals surface area (Å²) in [5.41, 5.74) is 0. The Hall–Kier alpha value is -0.490. The molecule has 2 heterocycles. The molecule has 1 aromatic rings. The van der Waals surface area contributed by atoms with Crippen LogP contribution in [0.25, 0.3) is 0 Å². The first kappa shape index (κ1) is 11.0. The molecule has 5 heteroatoms. The number of hydrogen-bond donors (Lipinski definition) is 2. The standard InChI is InChI=1S/C10H17N3OS/c1-14-9-4-8(13-6-9)5-11-7-10-12-2-3-15-10/h2-3,8-9,11,13H,4-7H2,1H3. The van der Waals surface area contributed by atoms with Crippen molar-refractivity contribution in [2.45, 2.75) is 25.1 Å². The van der Waals surface area contributed by atoms with Crippen molar-refractivity contribution in [2.24, 2.45) is 0 Å². The van der Waals surface area contributed by atoms with Crippen LogP contribution in [0.1, 0.15) is 11.4 Å². The first-order valence-corrected chi connectivity index (χ1v) is 6.11. The molecule has 2 atom stereocenters. The van der Waals surface area contributed by atoms with Crippen LogP contribution in [0.4, 0.5) is 0 Å². The van der Waals surface area contributed by atoms with Crippen molar-refractivity contribution in [1.29, 1.82) is 0 Å². The molecule has 1 fully saturated rings. The molecule has 0 spiro atoms. The molecular formula is C10H17N3OS. The Labute approximate surface area is 94.1 Å². The molecule has 1 saturated heterocycles. The molecule has 4 nitrogen and oxygen atoms in total. The van der Waals surface area contributed by atoms with Crippen LogP contribution in [0.2, 0.25) is 0 Å². The molecule has 0 saturated carbocycles. The van der Waals surface area contributed by atoms with E-state index in [0.29, 0.717) is 12.1 Å². The summed E-state index contributed by atoms with van der Waals surface area (Å²) in [6.45, 7) is 2.83. The maximum absolute atomic E-state index is 5.29. The van der Waals surface area contributed by atoms with E-state index < -0.39 is 0 Å². The van der Waals surface area contributed by atoms with E-state index in [1.165, 1.54) is 0 Å². The van der Waals surface area contributed by atoms with Crippen molar-refractivity contribution < 1.29 is 4.74 Å². The zero-order valence-corrected chi connectivity index (χ0v) is 9.72. The predicted octanol–water partition coefficient (Wildman–Crippen LogP) is 0.610. The Bertz CT molecular complexity index is 278. The van der Waals surface area contributed by atoms with Gasteiger partial charge < -0.3 is 15.4 Å². The van der Waals surface area contributed by atoms with E-state index in [9.17, 15) is 0 Å². The van der Waals surface area contributed by atoms with Crippen molar-refractivity contribution in [3.8, 4) is 0 Å². The van der Waals surface area contributed by atoms with E-state index in [1.807, 2.05) is 11.6 Å². The average Bonchev–Trinajstić information content (AvgIpc) is 2.88. The fraction of sp³-hybridized carbons (Fsp3) is 0.700. The van der Waals surface area contributed by atoms with Gasteiger partial charge in [0.1, 0.15) is 5.01 Å². The average molecular weight is 227 g/mol. The molecule has 0 aromatic carbocycles. The van der Waals surface area contributed by atoms with E-state index in [1.54, 1.807) is 18.4 Å². The van der Waals surface area contributed by atoms with Crippen molar-refractivity contribution in [2.75, 3.05) is 20.2 Å². The fourth-order valence-corrected chi connectivity index (χ4v) is 2.40. The second-order valence-corrected chi connectivity index (χ2v) is 4.73. The summed E-state index contributed by atoms with van der Waals surface area (Å²) in [6.07, 6.45) is 3.33. The monoisotopic (exact) mass is 227 g/mol. The summed E-state index contributed by atoms with van der Waals surface area (Å²) in [5.74, 6) is 0. The van der Waals surface area contributed by atoms with Crippen molar-refractivity contribution in [3.63, 3.8) is 0 Å². The molecule has 1 aliphatic heterocycles. The summed E-state index contributed by atoms with van der Waals surface area (Å²) in [4.78, 5) is 4.22. The molecule has 0 aliphatic carbocycles. The number of ether oxygens (including phenoxy) is 1. The topological polar surface area (TPSA) is 46.2 Å². The molecule has 2 N–H and O–H groups in total. The molecule has 2 unspecified atom stereocenters. The SMILES string of the molecule is COC1CNC(CNCc2nccs2)C1. The third-order valence-electron chi connectivity index (χ3n) is 2.67. The molecular weight excluding hydrogens is 210 g/mol. The number of methoxy groups -OCH3 is 1. The second kappa shape index (κ2) is 5.55. The molecule has 0 radical (unpaired) electrons. The lowest BCUT2D eigenvalue weighted by Gasteiger charge is -2.10. The van der Waals surface area contributed by atoms with E-state index in [4.69, 9.17) is 4.74 Å². The fourth-order valence-electron chi connectivity index (χ4n) is 1.81. The van der Waals surface area contributed by atoms with Gasteiger partial charge in [-0.05, 0) is 6.42 Å². The van der Waals surface area contributed by atoms with Gasteiger partial charge >= 0.3 is 0 Å². The first-order valence-electron chi connectivity index (χ1n) is 5.23. The lowest BCUT2D eigenvalue weighted by atomic mass is 10.2. The number of hydrogen-bond acceptors (Lipinski definition) is 5. The van der Waals surface area contributed by atoms with Crippen molar-refractivity contribution in [3.05, 3.63) is 16.6 Å². The van der Waals surface area contributed by atoms with Gasteiger partial charge in [0.2, 0.25) is 0 Å². The number of nitrogens with zero attached hydrogens (tertiary/aromatic N) is 1. The van der Waals surface area contributed by atoms with E-state index >= 15 is 0 Å². The first-order chi connectivity index (χ1) is 7.38. The molecule has 2 rings (SSSR count). The minimum atomic E-state index is 0.386. The van der Waals surface area contributed by atoms with Crippen LogP contribution in [0.15, 0.2) is 11.6 Å². The van der Waals surface area contributed by atoms with Gasteiger partial charge in [-0.1, -0.05) is 0 Å². The quantitative estimate of drug-likeness (QED) is 0.773. The maximum Gasteiger partial charge on any atom is 0.106 e. The largest absolute Gasteiger partial charge is 0.380 e. The highest BCUT2D eigenvalue weighted by atomic mass is 32.1. The Morgan fingerprint density at radius 2 is 2.67 bits per heavy atom. The zero-order chi connectivity index (χ0) is 10.5. The van der Waals surface area contributed by atoms with Gasteiger partial charge in [0.25, 0.3) is 0 Å². The van der Waals surface area contributed by atoms with Crippen LogP contribution in [0.3, 0.4) is 0 Å². The van der Waals surface area contributed by atoms with Crippen LogP contribution < -0.4 is 10.6 Å². The minimum absolute atomic E-state index is 0.386. The van der Waals surface area contributed by atoms with Gasteiger partial charge in [-0.2, -0.15) is 0 Å². The maximum atomic E-state index is 5.29. The van der Waals surface area contributed by atoms with E-state index in [0.717, 1.165) is 31.1 Å². The third-order valence-corrected chi connectivity index (χ3v) is 3.44. The highest BCUT2D eigenvalue weighted by Gasteiger charge is 2.22. The lowest BCUT2D eigenvalue weighted by molar-refractivity contribution is 0.117.